The summed E-state index contributed by atoms with van der Waals surface area (Å²) in [5, 5.41) is 13.2. The maximum Gasteiger partial charge on any atom is 0.0538 e. The fourth-order valence-electron chi connectivity index (χ4n) is 2.36. The summed E-state index contributed by atoms with van der Waals surface area (Å²) in [4.78, 5) is 2.33. The Balaban J connectivity index is 2.93. The first-order chi connectivity index (χ1) is 8.47. The van der Waals surface area contributed by atoms with Gasteiger partial charge in [0.05, 0.1) is 12.2 Å². The number of aliphatic hydroxyl groups is 1. The Morgan fingerprint density at radius 1 is 1.44 bits per heavy atom. The van der Waals surface area contributed by atoms with Crippen molar-refractivity contribution < 1.29 is 5.11 Å². The quantitative estimate of drug-likeness (QED) is 0.758. The van der Waals surface area contributed by atoms with Crippen molar-refractivity contribution in [2.24, 2.45) is 12.8 Å². The third kappa shape index (κ3) is 3.80. The number of aromatic nitrogens is 2. The molecule has 0 aromatic carbocycles. The predicted molar refractivity (Wildman–Crippen MR) is 73.1 cm³/mol. The predicted octanol–water partition coefficient (Wildman–Crippen LogP) is 0.901. The zero-order chi connectivity index (χ0) is 13.7. The van der Waals surface area contributed by atoms with Gasteiger partial charge in [0, 0.05) is 44.0 Å². The van der Waals surface area contributed by atoms with Gasteiger partial charge in [0.15, 0.2) is 0 Å². The van der Waals surface area contributed by atoms with E-state index in [4.69, 9.17) is 10.8 Å². The van der Waals surface area contributed by atoms with E-state index < -0.39 is 0 Å². The first-order valence-corrected chi connectivity index (χ1v) is 6.58. The molecule has 0 fully saturated rings. The van der Waals surface area contributed by atoms with Crippen molar-refractivity contribution in [2.45, 2.75) is 45.3 Å². The van der Waals surface area contributed by atoms with Crippen LogP contribution in [0.1, 0.15) is 38.8 Å². The highest BCUT2D eigenvalue weighted by Gasteiger charge is 2.26. The lowest BCUT2D eigenvalue weighted by molar-refractivity contribution is 0.123. The highest BCUT2D eigenvalue weighted by Crippen LogP contribution is 2.25. The van der Waals surface area contributed by atoms with Crippen LogP contribution in [0.3, 0.4) is 0 Å². The summed E-state index contributed by atoms with van der Waals surface area (Å²) in [6, 6.07) is 0.549. The Morgan fingerprint density at radius 2 is 2.11 bits per heavy atom. The standard InChI is InChI=1S/C13H26N4O/c1-10(2)17(6-5-7-18)13(11(3)14)12-8-15-16(4)9-12/h8-11,13,18H,5-7,14H2,1-4H3. The van der Waals surface area contributed by atoms with Gasteiger partial charge in [-0.05, 0) is 27.2 Å². The molecule has 0 aliphatic heterocycles. The van der Waals surface area contributed by atoms with Gasteiger partial charge in [0.1, 0.15) is 0 Å². The molecule has 1 aromatic rings. The van der Waals surface area contributed by atoms with Gasteiger partial charge in [0.25, 0.3) is 0 Å². The molecule has 0 saturated heterocycles. The first kappa shape index (κ1) is 15.1. The van der Waals surface area contributed by atoms with Gasteiger partial charge < -0.3 is 10.8 Å². The van der Waals surface area contributed by atoms with Crippen molar-refractivity contribution in [3.05, 3.63) is 18.0 Å². The second-order valence-corrected chi connectivity index (χ2v) is 5.16. The van der Waals surface area contributed by atoms with Gasteiger partial charge in [-0.3, -0.25) is 9.58 Å². The maximum atomic E-state index is 9.02. The summed E-state index contributed by atoms with van der Waals surface area (Å²) in [7, 11) is 1.91. The van der Waals surface area contributed by atoms with Crippen LogP contribution < -0.4 is 5.73 Å². The van der Waals surface area contributed by atoms with E-state index >= 15 is 0 Å². The molecular formula is C13H26N4O. The molecule has 0 spiro atoms. The summed E-state index contributed by atoms with van der Waals surface area (Å²) in [6.45, 7) is 7.38. The lowest BCUT2D eigenvalue weighted by Gasteiger charge is -2.36. The largest absolute Gasteiger partial charge is 0.396 e. The highest BCUT2D eigenvalue weighted by atomic mass is 16.3. The van der Waals surface area contributed by atoms with Crippen LogP contribution in [0, 0.1) is 0 Å². The molecule has 1 rings (SSSR count). The summed E-state index contributed by atoms with van der Waals surface area (Å²) in [6.07, 6.45) is 4.66. The van der Waals surface area contributed by atoms with Crippen LogP contribution >= 0.6 is 0 Å². The average molecular weight is 254 g/mol. The van der Waals surface area contributed by atoms with Gasteiger partial charge in [-0.1, -0.05) is 0 Å². The minimum Gasteiger partial charge on any atom is -0.396 e. The van der Waals surface area contributed by atoms with Crippen LogP contribution in [-0.4, -0.2) is 45.0 Å². The van der Waals surface area contributed by atoms with E-state index in [0.717, 1.165) is 18.5 Å². The van der Waals surface area contributed by atoms with E-state index in [1.165, 1.54) is 0 Å². The van der Waals surface area contributed by atoms with Gasteiger partial charge in [-0.2, -0.15) is 5.10 Å². The molecule has 1 aromatic heterocycles. The van der Waals surface area contributed by atoms with E-state index in [0.29, 0.717) is 6.04 Å². The van der Waals surface area contributed by atoms with Gasteiger partial charge in [-0.15, -0.1) is 0 Å². The van der Waals surface area contributed by atoms with Crippen molar-refractivity contribution >= 4 is 0 Å². The molecule has 2 atom stereocenters. The second kappa shape index (κ2) is 6.87. The molecule has 1 heterocycles. The molecule has 0 amide bonds. The Hall–Kier alpha value is -0.910. The molecule has 5 nitrogen and oxygen atoms in total. The molecular weight excluding hydrogens is 228 g/mol. The molecule has 0 aliphatic rings. The number of nitrogens with two attached hydrogens (primary N) is 1. The molecule has 0 saturated carbocycles. The van der Waals surface area contributed by atoms with Crippen LogP contribution in [0.4, 0.5) is 0 Å². The summed E-state index contributed by atoms with van der Waals surface area (Å²) < 4.78 is 1.80. The number of nitrogens with zero attached hydrogens (tertiary/aromatic N) is 3. The molecule has 3 N–H and O–H groups in total. The van der Waals surface area contributed by atoms with E-state index in [9.17, 15) is 0 Å². The van der Waals surface area contributed by atoms with Crippen molar-refractivity contribution in [1.82, 2.24) is 14.7 Å². The number of aryl methyl sites for hydroxylation is 1. The summed E-state index contributed by atoms with van der Waals surface area (Å²) in [5.74, 6) is 0. The SMILES string of the molecule is CC(N)C(c1cnn(C)c1)N(CCCO)C(C)C. The minimum atomic E-state index is 0.0234. The zero-order valence-electron chi connectivity index (χ0n) is 11.9. The lowest BCUT2D eigenvalue weighted by atomic mass is 10.0. The molecule has 5 heteroatoms. The van der Waals surface area contributed by atoms with Crippen molar-refractivity contribution in [3.63, 3.8) is 0 Å². The topological polar surface area (TPSA) is 67.3 Å². The third-order valence-corrected chi connectivity index (χ3v) is 3.16. The van der Waals surface area contributed by atoms with Crippen LogP contribution in [0.15, 0.2) is 12.4 Å². The van der Waals surface area contributed by atoms with Crippen molar-refractivity contribution in [3.8, 4) is 0 Å². The van der Waals surface area contributed by atoms with Gasteiger partial charge in [0.2, 0.25) is 0 Å². The van der Waals surface area contributed by atoms with E-state index in [-0.39, 0.29) is 18.7 Å². The minimum absolute atomic E-state index is 0.0234. The Morgan fingerprint density at radius 3 is 2.50 bits per heavy atom. The maximum absolute atomic E-state index is 9.02. The Kier molecular flexibility index (Phi) is 5.78. The fraction of sp³-hybridized carbons (Fsp3) is 0.769. The molecule has 2 unspecified atom stereocenters. The van der Waals surface area contributed by atoms with Crippen LogP contribution in [-0.2, 0) is 7.05 Å². The van der Waals surface area contributed by atoms with E-state index in [1.807, 2.05) is 26.4 Å². The third-order valence-electron chi connectivity index (χ3n) is 3.16. The van der Waals surface area contributed by atoms with E-state index in [2.05, 4.69) is 23.8 Å². The molecule has 104 valence electrons. The Labute approximate surface area is 110 Å². The monoisotopic (exact) mass is 254 g/mol. The second-order valence-electron chi connectivity index (χ2n) is 5.16. The van der Waals surface area contributed by atoms with Gasteiger partial charge in [-0.25, -0.2) is 0 Å². The van der Waals surface area contributed by atoms with Crippen LogP contribution in [0.2, 0.25) is 0 Å². The number of hydrogen-bond acceptors (Lipinski definition) is 4. The fourth-order valence-corrected chi connectivity index (χ4v) is 2.36. The average Bonchev–Trinajstić information content (AvgIpc) is 2.69. The number of aliphatic hydroxyl groups excluding tert-OH is 1. The van der Waals surface area contributed by atoms with Crippen LogP contribution in [0.5, 0.6) is 0 Å². The highest BCUT2D eigenvalue weighted by molar-refractivity contribution is 5.13. The van der Waals surface area contributed by atoms with Crippen LogP contribution in [0.25, 0.3) is 0 Å². The molecule has 0 radical (unpaired) electrons. The smallest absolute Gasteiger partial charge is 0.0538 e. The van der Waals surface area contributed by atoms with E-state index in [1.54, 1.807) is 4.68 Å². The summed E-state index contributed by atoms with van der Waals surface area (Å²) >= 11 is 0. The number of hydrogen-bond donors (Lipinski definition) is 2. The van der Waals surface area contributed by atoms with Gasteiger partial charge >= 0.3 is 0 Å². The lowest BCUT2D eigenvalue weighted by Crippen LogP contribution is -2.43. The first-order valence-electron chi connectivity index (χ1n) is 6.58. The normalized spacial score (nSPS) is 15.3. The Bertz CT molecular complexity index is 349. The molecule has 18 heavy (non-hydrogen) atoms. The zero-order valence-corrected chi connectivity index (χ0v) is 11.9. The summed E-state index contributed by atoms with van der Waals surface area (Å²) in [5.41, 5.74) is 7.29. The molecule has 0 bridgehead atoms. The van der Waals surface area contributed by atoms with Crippen molar-refractivity contribution in [2.75, 3.05) is 13.2 Å². The molecule has 0 aliphatic carbocycles. The number of rotatable bonds is 7. The van der Waals surface area contributed by atoms with Crippen molar-refractivity contribution in [1.29, 1.82) is 0 Å².